The molecular formula is C12H20N2O4. The first-order valence-electron chi connectivity index (χ1n) is 5.94. The summed E-state index contributed by atoms with van der Waals surface area (Å²) >= 11 is 0. The summed E-state index contributed by atoms with van der Waals surface area (Å²) in [5.41, 5.74) is 0.241. The highest BCUT2D eigenvalue weighted by atomic mass is 16.5. The highest BCUT2D eigenvalue weighted by molar-refractivity contribution is 5.93. The molecule has 0 aliphatic rings. The zero-order chi connectivity index (χ0) is 13.5. The molecule has 18 heavy (non-hydrogen) atoms. The van der Waals surface area contributed by atoms with Gasteiger partial charge in [0.15, 0.2) is 12.1 Å². The Labute approximate surface area is 106 Å². The summed E-state index contributed by atoms with van der Waals surface area (Å²) in [6.07, 6.45) is 0.492. The predicted octanol–water partition coefficient (Wildman–Crippen LogP) is 0.746. The van der Waals surface area contributed by atoms with E-state index in [-0.39, 0.29) is 24.8 Å². The maximum absolute atomic E-state index is 11.6. The average molecular weight is 256 g/mol. The molecule has 0 saturated heterocycles. The van der Waals surface area contributed by atoms with Gasteiger partial charge in [0, 0.05) is 13.2 Å². The van der Waals surface area contributed by atoms with Crippen LogP contribution in [0.15, 0.2) is 10.8 Å². The van der Waals surface area contributed by atoms with E-state index < -0.39 is 6.10 Å². The number of aryl methyl sites for hydroxylation is 1. The van der Waals surface area contributed by atoms with Crippen molar-refractivity contribution in [1.82, 2.24) is 10.3 Å². The summed E-state index contributed by atoms with van der Waals surface area (Å²) in [4.78, 5) is 15.4. The second-order valence-electron chi connectivity index (χ2n) is 4.55. The molecule has 1 rings (SSSR count). The maximum atomic E-state index is 11.6. The van der Waals surface area contributed by atoms with Crippen LogP contribution in [0, 0.1) is 12.8 Å². The fourth-order valence-electron chi connectivity index (χ4n) is 1.32. The van der Waals surface area contributed by atoms with Crippen molar-refractivity contribution < 1.29 is 19.1 Å². The minimum absolute atomic E-state index is 0.128. The van der Waals surface area contributed by atoms with Crippen molar-refractivity contribution in [2.24, 2.45) is 5.92 Å². The lowest BCUT2D eigenvalue weighted by Crippen LogP contribution is -2.35. The Morgan fingerprint density at radius 1 is 1.56 bits per heavy atom. The van der Waals surface area contributed by atoms with Gasteiger partial charge in [0.1, 0.15) is 5.76 Å². The van der Waals surface area contributed by atoms with E-state index in [1.54, 1.807) is 6.92 Å². The molecule has 1 atom stereocenters. The van der Waals surface area contributed by atoms with Crippen LogP contribution >= 0.6 is 0 Å². The van der Waals surface area contributed by atoms with Gasteiger partial charge < -0.3 is 19.6 Å². The third-order valence-corrected chi connectivity index (χ3v) is 2.22. The maximum Gasteiger partial charge on any atom is 0.273 e. The molecule has 0 fully saturated rings. The van der Waals surface area contributed by atoms with Crippen LogP contribution in [-0.2, 0) is 4.74 Å². The summed E-state index contributed by atoms with van der Waals surface area (Å²) in [6.45, 7) is 6.64. The van der Waals surface area contributed by atoms with Crippen molar-refractivity contribution in [3.63, 3.8) is 0 Å². The number of ether oxygens (including phenoxy) is 1. The molecule has 0 spiro atoms. The quantitative estimate of drug-likeness (QED) is 0.752. The Morgan fingerprint density at radius 3 is 2.83 bits per heavy atom. The van der Waals surface area contributed by atoms with E-state index in [1.165, 1.54) is 6.39 Å². The Hall–Kier alpha value is -1.40. The number of hydrogen-bond acceptors (Lipinski definition) is 5. The predicted molar refractivity (Wildman–Crippen MR) is 65.2 cm³/mol. The van der Waals surface area contributed by atoms with Gasteiger partial charge in [-0.25, -0.2) is 4.98 Å². The summed E-state index contributed by atoms with van der Waals surface area (Å²) in [5.74, 6) is 0.520. The normalized spacial score (nSPS) is 12.7. The van der Waals surface area contributed by atoms with E-state index in [1.807, 2.05) is 13.8 Å². The Morgan fingerprint density at radius 2 is 2.28 bits per heavy atom. The van der Waals surface area contributed by atoms with Crippen molar-refractivity contribution >= 4 is 5.91 Å². The third kappa shape index (κ3) is 4.85. The van der Waals surface area contributed by atoms with Gasteiger partial charge in [0.2, 0.25) is 0 Å². The number of oxazole rings is 1. The van der Waals surface area contributed by atoms with Crippen molar-refractivity contribution in [3.05, 3.63) is 17.8 Å². The van der Waals surface area contributed by atoms with Gasteiger partial charge in [-0.15, -0.1) is 0 Å². The van der Waals surface area contributed by atoms with Gasteiger partial charge in [0.25, 0.3) is 5.91 Å². The Kier molecular flexibility index (Phi) is 5.80. The molecule has 0 aromatic carbocycles. The second-order valence-corrected chi connectivity index (χ2v) is 4.55. The number of amides is 1. The lowest BCUT2D eigenvalue weighted by Gasteiger charge is -2.13. The van der Waals surface area contributed by atoms with Crippen molar-refractivity contribution in [1.29, 1.82) is 0 Å². The van der Waals surface area contributed by atoms with Crippen LogP contribution in [0.2, 0.25) is 0 Å². The van der Waals surface area contributed by atoms with Crippen molar-refractivity contribution in [2.75, 3.05) is 19.8 Å². The zero-order valence-corrected chi connectivity index (χ0v) is 11.0. The first kappa shape index (κ1) is 14.7. The van der Waals surface area contributed by atoms with Gasteiger partial charge >= 0.3 is 0 Å². The van der Waals surface area contributed by atoms with Gasteiger partial charge in [-0.1, -0.05) is 13.8 Å². The molecule has 6 heteroatoms. The van der Waals surface area contributed by atoms with E-state index in [4.69, 9.17) is 9.15 Å². The number of nitrogens with one attached hydrogen (secondary N) is 1. The molecule has 0 saturated carbocycles. The molecule has 1 amide bonds. The second kappa shape index (κ2) is 7.13. The van der Waals surface area contributed by atoms with Crippen LogP contribution in [0.1, 0.15) is 30.1 Å². The monoisotopic (exact) mass is 256 g/mol. The molecule has 1 aromatic heterocycles. The smallest absolute Gasteiger partial charge is 0.273 e. The topological polar surface area (TPSA) is 84.6 Å². The molecular weight excluding hydrogens is 236 g/mol. The summed E-state index contributed by atoms with van der Waals surface area (Å²) in [6, 6.07) is 0. The van der Waals surface area contributed by atoms with Crippen molar-refractivity contribution in [2.45, 2.75) is 26.9 Å². The van der Waals surface area contributed by atoms with Crippen LogP contribution in [0.4, 0.5) is 0 Å². The van der Waals surface area contributed by atoms with Crippen LogP contribution in [0.3, 0.4) is 0 Å². The van der Waals surface area contributed by atoms with Gasteiger partial charge in [-0.3, -0.25) is 4.79 Å². The molecule has 0 radical (unpaired) electrons. The van der Waals surface area contributed by atoms with Crippen molar-refractivity contribution in [3.8, 4) is 0 Å². The largest absolute Gasteiger partial charge is 0.448 e. The van der Waals surface area contributed by atoms with E-state index in [9.17, 15) is 9.90 Å². The fourth-order valence-corrected chi connectivity index (χ4v) is 1.32. The molecule has 102 valence electrons. The number of aliphatic hydroxyl groups is 1. The lowest BCUT2D eigenvalue weighted by atomic mass is 10.2. The van der Waals surface area contributed by atoms with Gasteiger partial charge in [-0.05, 0) is 12.8 Å². The number of carbonyl (C=O) groups excluding carboxylic acids is 1. The van der Waals surface area contributed by atoms with E-state index in [0.29, 0.717) is 18.3 Å². The highest BCUT2D eigenvalue weighted by Gasteiger charge is 2.14. The minimum Gasteiger partial charge on any atom is -0.448 e. The molecule has 0 aliphatic carbocycles. The summed E-state index contributed by atoms with van der Waals surface area (Å²) in [5, 5.41) is 12.2. The number of carbonyl (C=O) groups is 1. The first-order valence-corrected chi connectivity index (χ1v) is 5.94. The van der Waals surface area contributed by atoms with Gasteiger partial charge in [-0.2, -0.15) is 0 Å². The van der Waals surface area contributed by atoms with Crippen LogP contribution in [-0.4, -0.2) is 41.9 Å². The Bertz CT molecular complexity index is 376. The molecule has 0 aliphatic heterocycles. The first-order chi connectivity index (χ1) is 8.50. The van der Waals surface area contributed by atoms with Crippen LogP contribution in [0.5, 0.6) is 0 Å². The third-order valence-electron chi connectivity index (χ3n) is 2.22. The van der Waals surface area contributed by atoms with Crippen LogP contribution < -0.4 is 5.32 Å². The molecule has 1 heterocycles. The molecule has 1 unspecified atom stereocenters. The highest BCUT2D eigenvalue weighted by Crippen LogP contribution is 2.03. The number of aromatic nitrogens is 1. The number of nitrogens with zero attached hydrogens (tertiary/aromatic N) is 1. The molecule has 6 nitrogen and oxygen atoms in total. The zero-order valence-electron chi connectivity index (χ0n) is 11.0. The van der Waals surface area contributed by atoms with Crippen LogP contribution in [0.25, 0.3) is 0 Å². The number of rotatable bonds is 7. The number of aliphatic hydroxyl groups excluding tert-OH is 1. The van der Waals surface area contributed by atoms with Gasteiger partial charge in [0.05, 0.1) is 12.7 Å². The summed E-state index contributed by atoms with van der Waals surface area (Å²) < 4.78 is 10.2. The SMILES string of the molecule is Cc1ocnc1C(=O)NCC(O)COCC(C)C. The van der Waals surface area contributed by atoms with E-state index >= 15 is 0 Å². The molecule has 0 bridgehead atoms. The fraction of sp³-hybridized carbons (Fsp3) is 0.667. The molecule has 1 aromatic rings. The minimum atomic E-state index is -0.722. The average Bonchev–Trinajstić information content (AvgIpc) is 2.72. The molecule has 2 N–H and O–H groups in total. The van der Waals surface area contributed by atoms with E-state index in [2.05, 4.69) is 10.3 Å². The number of hydrogen-bond donors (Lipinski definition) is 2. The van der Waals surface area contributed by atoms with E-state index in [0.717, 1.165) is 0 Å². The Balaban J connectivity index is 2.24. The summed E-state index contributed by atoms with van der Waals surface area (Å²) in [7, 11) is 0. The standard InChI is InChI=1S/C12H20N2O4/c1-8(2)5-17-6-10(15)4-13-12(16)11-9(3)18-7-14-11/h7-8,10,15H,4-6H2,1-3H3,(H,13,16). The lowest BCUT2D eigenvalue weighted by molar-refractivity contribution is 0.0259.